The molecule has 1 N–H and O–H groups in total. The Balaban J connectivity index is 2.85. The second-order valence-electron chi connectivity index (χ2n) is 2.76. The molecule has 0 unspecified atom stereocenters. The number of aromatic carboxylic acids is 1. The highest BCUT2D eigenvalue weighted by Gasteiger charge is 2.28. The van der Waals surface area contributed by atoms with Gasteiger partial charge in [0.1, 0.15) is 0 Å². The van der Waals surface area contributed by atoms with Crippen molar-refractivity contribution in [3.63, 3.8) is 0 Å². The molecule has 86 valence electrons. The van der Waals surface area contributed by atoms with E-state index in [-0.39, 0.29) is 11.1 Å². The summed E-state index contributed by atoms with van der Waals surface area (Å²) in [5.41, 5.74) is 0.0452. The van der Waals surface area contributed by atoms with E-state index in [0.29, 0.717) is 6.26 Å². The van der Waals surface area contributed by atoms with Crippen molar-refractivity contribution in [2.45, 2.75) is 6.36 Å². The molecule has 0 bridgehead atoms. The number of rotatable bonds is 3. The summed E-state index contributed by atoms with van der Waals surface area (Å²) >= 11 is 0. The molecule has 0 aliphatic heterocycles. The zero-order valence-corrected chi connectivity index (χ0v) is 7.86. The molecule has 16 heavy (non-hydrogen) atoms. The van der Waals surface area contributed by atoms with E-state index in [4.69, 9.17) is 5.11 Å². The number of alkyl halides is 3. The van der Waals surface area contributed by atoms with Crippen molar-refractivity contribution in [1.29, 1.82) is 0 Å². The third-order valence-electron chi connectivity index (χ3n) is 1.64. The zero-order valence-electron chi connectivity index (χ0n) is 7.86. The van der Waals surface area contributed by atoms with Gasteiger partial charge in [0.05, 0.1) is 11.8 Å². The Morgan fingerprint density at radius 2 is 1.94 bits per heavy atom. The SMILES string of the molecule is O=C(O)c1ccccc1C=COC(F)(F)F. The molecular weight excluding hydrogens is 225 g/mol. The van der Waals surface area contributed by atoms with Gasteiger partial charge in [-0.15, -0.1) is 13.2 Å². The second-order valence-corrected chi connectivity index (χ2v) is 2.76. The highest BCUT2D eigenvalue weighted by atomic mass is 19.4. The van der Waals surface area contributed by atoms with Gasteiger partial charge in [0.25, 0.3) is 0 Å². The van der Waals surface area contributed by atoms with Crippen LogP contribution >= 0.6 is 0 Å². The van der Waals surface area contributed by atoms with Crippen molar-refractivity contribution in [2.24, 2.45) is 0 Å². The van der Waals surface area contributed by atoms with Gasteiger partial charge >= 0.3 is 12.3 Å². The summed E-state index contributed by atoms with van der Waals surface area (Å²) in [6, 6.07) is 5.65. The van der Waals surface area contributed by atoms with E-state index in [1.165, 1.54) is 24.3 Å². The van der Waals surface area contributed by atoms with Gasteiger partial charge in [0.2, 0.25) is 0 Å². The van der Waals surface area contributed by atoms with Crippen LogP contribution in [0.4, 0.5) is 13.2 Å². The lowest BCUT2D eigenvalue weighted by atomic mass is 10.1. The predicted octanol–water partition coefficient (Wildman–Crippen LogP) is 2.89. The van der Waals surface area contributed by atoms with Crippen LogP contribution in [-0.2, 0) is 4.74 Å². The van der Waals surface area contributed by atoms with Gasteiger partial charge in [0, 0.05) is 0 Å². The van der Waals surface area contributed by atoms with Crippen LogP contribution in [-0.4, -0.2) is 17.4 Å². The first-order valence-electron chi connectivity index (χ1n) is 4.13. The first-order chi connectivity index (χ1) is 7.40. The van der Waals surface area contributed by atoms with E-state index in [9.17, 15) is 18.0 Å². The van der Waals surface area contributed by atoms with E-state index in [1.807, 2.05) is 0 Å². The average Bonchev–Trinajstić information content (AvgIpc) is 2.16. The molecule has 0 aliphatic rings. The molecule has 1 aromatic rings. The number of carboxylic acid groups (broad SMARTS) is 1. The fourth-order valence-corrected chi connectivity index (χ4v) is 1.02. The van der Waals surface area contributed by atoms with Crippen LogP contribution in [0.2, 0.25) is 0 Å². The molecule has 3 nitrogen and oxygen atoms in total. The largest absolute Gasteiger partial charge is 0.572 e. The third-order valence-corrected chi connectivity index (χ3v) is 1.64. The summed E-state index contributed by atoms with van der Waals surface area (Å²) < 4.78 is 38.3. The number of carbonyl (C=O) groups is 1. The molecular formula is C10H7F3O3. The van der Waals surface area contributed by atoms with Crippen molar-refractivity contribution in [2.75, 3.05) is 0 Å². The van der Waals surface area contributed by atoms with E-state index < -0.39 is 12.3 Å². The third kappa shape index (κ3) is 3.64. The second kappa shape index (κ2) is 4.69. The molecule has 6 heteroatoms. The van der Waals surface area contributed by atoms with Gasteiger partial charge in [-0.05, 0) is 17.7 Å². The Morgan fingerprint density at radius 1 is 1.31 bits per heavy atom. The minimum Gasteiger partial charge on any atom is -0.478 e. The Kier molecular flexibility index (Phi) is 3.55. The van der Waals surface area contributed by atoms with Gasteiger partial charge in [-0.2, -0.15) is 0 Å². The zero-order chi connectivity index (χ0) is 12.2. The number of carboxylic acids is 1. The molecule has 0 fully saturated rings. The molecule has 0 aliphatic carbocycles. The maximum absolute atomic E-state index is 11.6. The quantitative estimate of drug-likeness (QED) is 0.815. The Bertz CT molecular complexity index is 410. The molecule has 1 aromatic carbocycles. The standard InChI is InChI=1S/C10H7F3O3/c11-10(12,13)16-6-5-7-3-1-2-4-8(7)9(14)15/h1-6H,(H,14,15). The summed E-state index contributed by atoms with van der Waals surface area (Å²) in [7, 11) is 0. The molecule has 0 saturated heterocycles. The lowest BCUT2D eigenvalue weighted by Crippen LogP contribution is -2.08. The van der Waals surface area contributed by atoms with Crippen LogP contribution in [0, 0.1) is 0 Å². The summed E-state index contributed by atoms with van der Waals surface area (Å²) in [5.74, 6) is -1.22. The molecule has 0 aromatic heterocycles. The molecule has 0 saturated carbocycles. The minimum absolute atomic E-state index is 0.0930. The maximum Gasteiger partial charge on any atom is 0.572 e. The molecule has 0 spiro atoms. The lowest BCUT2D eigenvalue weighted by Gasteiger charge is -2.03. The van der Waals surface area contributed by atoms with Crippen molar-refractivity contribution in [3.05, 3.63) is 41.7 Å². The highest BCUT2D eigenvalue weighted by Crippen LogP contribution is 2.18. The smallest absolute Gasteiger partial charge is 0.478 e. The summed E-state index contributed by atoms with van der Waals surface area (Å²) in [5, 5.41) is 8.73. The number of halogens is 3. The van der Waals surface area contributed by atoms with Crippen molar-refractivity contribution in [3.8, 4) is 0 Å². The number of benzene rings is 1. The molecule has 1 rings (SSSR count). The molecule has 0 atom stereocenters. The Labute approximate surface area is 88.8 Å². The topological polar surface area (TPSA) is 46.5 Å². The Morgan fingerprint density at radius 3 is 2.50 bits per heavy atom. The summed E-state index contributed by atoms with van der Waals surface area (Å²) in [6.07, 6.45) is -3.42. The first kappa shape index (κ1) is 12.1. The van der Waals surface area contributed by atoms with Gasteiger partial charge in [-0.1, -0.05) is 18.2 Å². The summed E-state index contributed by atoms with van der Waals surface area (Å²) in [6.45, 7) is 0. The van der Waals surface area contributed by atoms with Crippen molar-refractivity contribution < 1.29 is 27.8 Å². The van der Waals surface area contributed by atoms with Crippen molar-refractivity contribution in [1.82, 2.24) is 0 Å². The number of ether oxygens (including phenoxy) is 1. The Hall–Kier alpha value is -1.98. The van der Waals surface area contributed by atoms with E-state index in [0.717, 1.165) is 6.08 Å². The van der Waals surface area contributed by atoms with E-state index >= 15 is 0 Å². The summed E-state index contributed by atoms with van der Waals surface area (Å²) in [4.78, 5) is 10.7. The molecule has 0 amide bonds. The molecule has 0 radical (unpaired) electrons. The van der Waals surface area contributed by atoms with Gasteiger partial charge < -0.3 is 9.84 Å². The first-order valence-corrected chi connectivity index (χ1v) is 4.13. The fraction of sp³-hybridized carbons (Fsp3) is 0.100. The van der Waals surface area contributed by atoms with Crippen LogP contribution in [0.3, 0.4) is 0 Å². The van der Waals surface area contributed by atoms with Crippen molar-refractivity contribution >= 4 is 12.0 Å². The number of hydrogen-bond acceptors (Lipinski definition) is 2. The van der Waals surface area contributed by atoms with Crippen LogP contribution in [0.25, 0.3) is 6.08 Å². The van der Waals surface area contributed by atoms with Gasteiger partial charge in [-0.25, -0.2) is 4.79 Å². The maximum atomic E-state index is 11.6. The minimum atomic E-state index is -4.77. The van der Waals surface area contributed by atoms with E-state index in [1.54, 1.807) is 0 Å². The van der Waals surface area contributed by atoms with Gasteiger partial charge in [0.15, 0.2) is 0 Å². The monoisotopic (exact) mass is 232 g/mol. The van der Waals surface area contributed by atoms with Crippen LogP contribution in [0.1, 0.15) is 15.9 Å². The highest BCUT2D eigenvalue weighted by molar-refractivity contribution is 5.91. The lowest BCUT2D eigenvalue weighted by molar-refractivity contribution is -0.297. The van der Waals surface area contributed by atoms with Crippen LogP contribution in [0.5, 0.6) is 0 Å². The fourth-order valence-electron chi connectivity index (χ4n) is 1.02. The number of hydrogen-bond donors (Lipinski definition) is 1. The average molecular weight is 232 g/mol. The molecule has 0 heterocycles. The van der Waals surface area contributed by atoms with E-state index in [2.05, 4.69) is 4.74 Å². The van der Waals surface area contributed by atoms with Crippen LogP contribution in [0.15, 0.2) is 30.5 Å². The normalized spacial score (nSPS) is 11.7. The predicted molar refractivity (Wildman–Crippen MR) is 49.6 cm³/mol. The van der Waals surface area contributed by atoms with Crippen LogP contribution < -0.4 is 0 Å². The van der Waals surface area contributed by atoms with Gasteiger partial charge in [-0.3, -0.25) is 0 Å².